The standard InChI is InChI=1S/C10H12N2O.Fe/c1-2-12-9-4-3-8(11)5-7(9)6-10(12)13;/h3-5H,2,6,11H2,1H3;. The van der Waals surface area contributed by atoms with E-state index in [1.165, 1.54) is 0 Å². The van der Waals surface area contributed by atoms with Crippen molar-refractivity contribution in [3.05, 3.63) is 23.8 Å². The second kappa shape index (κ2) is 4.03. The Balaban J connectivity index is 0.000000980. The first-order chi connectivity index (χ1) is 6.22. The molecule has 0 fully saturated rings. The zero-order valence-corrected chi connectivity index (χ0v) is 9.04. The Bertz CT molecular complexity index is 365. The fraction of sp³-hybridized carbons (Fsp3) is 0.300. The van der Waals surface area contributed by atoms with Gasteiger partial charge in [0.1, 0.15) is 0 Å². The van der Waals surface area contributed by atoms with Crippen molar-refractivity contribution in [1.29, 1.82) is 0 Å². The van der Waals surface area contributed by atoms with E-state index in [1.54, 1.807) is 4.90 Å². The molecule has 1 aliphatic rings. The Kier molecular flexibility index (Phi) is 3.19. The smallest absolute Gasteiger partial charge is 0.231 e. The summed E-state index contributed by atoms with van der Waals surface area (Å²) in [7, 11) is 0. The topological polar surface area (TPSA) is 46.3 Å². The van der Waals surface area contributed by atoms with E-state index in [9.17, 15) is 4.79 Å². The first kappa shape index (κ1) is 11.1. The predicted octanol–water partition coefficient (Wildman–Crippen LogP) is 1.18. The molecule has 0 atom stereocenters. The maximum Gasteiger partial charge on any atom is 0.231 e. The third kappa shape index (κ3) is 1.63. The molecule has 0 aliphatic carbocycles. The molecule has 1 aromatic carbocycles. The molecule has 2 N–H and O–H groups in total. The average Bonchev–Trinajstić information content (AvgIpc) is 2.39. The van der Waals surface area contributed by atoms with Crippen LogP contribution in [0.2, 0.25) is 0 Å². The van der Waals surface area contributed by atoms with Crippen LogP contribution >= 0.6 is 0 Å². The second-order valence-electron chi connectivity index (χ2n) is 3.20. The molecule has 0 unspecified atom stereocenters. The van der Waals surface area contributed by atoms with Crippen LogP contribution in [0.25, 0.3) is 0 Å². The van der Waals surface area contributed by atoms with Crippen molar-refractivity contribution in [1.82, 2.24) is 0 Å². The van der Waals surface area contributed by atoms with Gasteiger partial charge in [-0.2, -0.15) is 0 Å². The number of hydrogen-bond acceptors (Lipinski definition) is 2. The van der Waals surface area contributed by atoms with Gasteiger partial charge < -0.3 is 10.6 Å². The number of nitrogen functional groups attached to an aromatic ring is 1. The number of carbonyl (C=O) groups is 1. The molecule has 1 heterocycles. The first-order valence-corrected chi connectivity index (χ1v) is 4.41. The van der Waals surface area contributed by atoms with E-state index in [1.807, 2.05) is 25.1 Å². The molecule has 2 rings (SSSR count). The van der Waals surface area contributed by atoms with E-state index >= 15 is 0 Å². The Morgan fingerprint density at radius 3 is 2.86 bits per heavy atom. The molecule has 4 heteroatoms. The molecule has 1 amide bonds. The van der Waals surface area contributed by atoms with Crippen LogP contribution in [0.1, 0.15) is 12.5 Å². The van der Waals surface area contributed by atoms with Crippen molar-refractivity contribution >= 4 is 17.3 Å². The summed E-state index contributed by atoms with van der Waals surface area (Å²) in [6.07, 6.45) is 0.494. The quantitative estimate of drug-likeness (QED) is 0.583. The van der Waals surface area contributed by atoms with Crippen molar-refractivity contribution < 1.29 is 21.9 Å². The van der Waals surface area contributed by atoms with Crippen LogP contribution in [0.3, 0.4) is 0 Å². The number of carbonyl (C=O) groups excluding carboxylic acids is 1. The van der Waals surface area contributed by atoms with E-state index < -0.39 is 0 Å². The number of nitrogens with two attached hydrogens (primary N) is 1. The minimum Gasteiger partial charge on any atom is -0.399 e. The number of fused-ring (bicyclic) bond motifs is 1. The van der Waals surface area contributed by atoms with Crippen molar-refractivity contribution in [3.8, 4) is 0 Å². The van der Waals surface area contributed by atoms with Gasteiger partial charge in [0, 0.05) is 35.0 Å². The van der Waals surface area contributed by atoms with Gasteiger partial charge in [0.2, 0.25) is 5.91 Å². The number of amides is 1. The number of rotatable bonds is 1. The molecule has 0 saturated carbocycles. The van der Waals surface area contributed by atoms with Gasteiger partial charge in [-0.15, -0.1) is 0 Å². The third-order valence-electron chi connectivity index (χ3n) is 2.35. The normalized spacial score (nSPS) is 13.8. The van der Waals surface area contributed by atoms with Gasteiger partial charge in [0.05, 0.1) is 6.42 Å². The van der Waals surface area contributed by atoms with Gasteiger partial charge >= 0.3 is 0 Å². The van der Waals surface area contributed by atoms with Gasteiger partial charge in [-0.25, -0.2) is 0 Å². The summed E-state index contributed by atoms with van der Waals surface area (Å²) in [5.74, 6) is 0.170. The van der Waals surface area contributed by atoms with E-state index in [2.05, 4.69) is 0 Å². The summed E-state index contributed by atoms with van der Waals surface area (Å²) in [6.45, 7) is 2.71. The summed E-state index contributed by atoms with van der Waals surface area (Å²) in [5.41, 5.74) is 8.42. The molecule has 0 saturated heterocycles. The zero-order chi connectivity index (χ0) is 9.42. The molecular formula is C10H12FeN2O. The molecule has 1 aliphatic heterocycles. The summed E-state index contributed by atoms with van der Waals surface area (Å²) < 4.78 is 0. The van der Waals surface area contributed by atoms with Gasteiger partial charge in [0.15, 0.2) is 0 Å². The monoisotopic (exact) mass is 232 g/mol. The van der Waals surface area contributed by atoms with Crippen molar-refractivity contribution in [2.75, 3.05) is 17.2 Å². The van der Waals surface area contributed by atoms with Crippen LogP contribution in [0.5, 0.6) is 0 Å². The van der Waals surface area contributed by atoms with Gasteiger partial charge in [-0.05, 0) is 30.7 Å². The van der Waals surface area contributed by atoms with Crippen LogP contribution in [-0.2, 0) is 28.3 Å². The van der Waals surface area contributed by atoms with E-state index in [0.29, 0.717) is 6.42 Å². The number of nitrogens with zero attached hydrogens (tertiary/aromatic N) is 1. The number of hydrogen-bond donors (Lipinski definition) is 1. The maximum absolute atomic E-state index is 11.5. The molecule has 0 bridgehead atoms. The Morgan fingerprint density at radius 1 is 1.50 bits per heavy atom. The number of benzene rings is 1. The van der Waals surface area contributed by atoms with Gasteiger partial charge in [-0.3, -0.25) is 4.79 Å². The van der Waals surface area contributed by atoms with Crippen molar-refractivity contribution in [3.63, 3.8) is 0 Å². The van der Waals surface area contributed by atoms with Crippen LogP contribution in [0.4, 0.5) is 11.4 Å². The number of likely N-dealkylation sites (N-methyl/N-ethyl adjacent to an activating group) is 1. The summed E-state index contributed by atoms with van der Waals surface area (Å²) >= 11 is 0. The van der Waals surface area contributed by atoms with Crippen molar-refractivity contribution in [2.45, 2.75) is 13.3 Å². The fourth-order valence-electron chi connectivity index (χ4n) is 1.75. The largest absolute Gasteiger partial charge is 0.399 e. The Labute approximate surface area is 93.7 Å². The van der Waals surface area contributed by atoms with E-state index in [0.717, 1.165) is 23.5 Å². The van der Waals surface area contributed by atoms with Gasteiger partial charge in [0.25, 0.3) is 0 Å². The Morgan fingerprint density at radius 2 is 2.21 bits per heavy atom. The summed E-state index contributed by atoms with van der Waals surface area (Å²) in [6, 6.07) is 5.63. The molecule has 3 nitrogen and oxygen atoms in total. The maximum atomic E-state index is 11.5. The molecule has 1 aromatic rings. The average molecular weight is 232 g/mol. The third-order valence-corrected chi connectivity index (χ3v) is 2.35. The zero-order valence-electron chi connectivity index (χ0n) is 7.93. The van der Waals surface area contributed by atoms with E-state index in [4.69, 9.17) is 5.73 Å². The minimum atomic E-state index is 0. The predicted molar refractivity (Wildman–Crippen MR) is 52.6 cm³/mol. The van der Waals surface area contributed by atoms with Crippen LogP contribution in [0.15, 0.2) is 18.2 Å². The molecule has 76 valence electrons. The fourth-order valence-corrected chi connectivity index (χ4v) is 1.75. The molecule has 14 heavy (non-hydrogen) atoms. The van der Waals surface area contributed by atoms with Crippen molar-refractivity contribution in [2.24, 2.45) is 0 Å². The van der Waals surface area contributed by atoms with E-state index in [-0.39, 0.29) is 23.0 Å². The van der Waals surface area contributed by atoms with Gasteiger partial charge in [-0.1, -0.05) is 0 Å². The SMILES string of the molecule is CCN1C(=O)Cc2cc(N)ccc21.[Fe]. The molecule has 0 aromatic heterocycles. The van der Waals surface area contributed by atoms with Crippen LogP contribution in [0, 0.1) is 0 Å². The number of anilines is 2. The minimum absolute atomic E-state index is 0. The molecule has 0 radical (unpaired) electrons. The van der Waals surface area contributed by atoms with Crippen LogP contribution in [-0.4, -0.2) is 12.5 Å². The summed E-state index contributed by atoms with van der Waals surface area (Å²) in [5, 5.41) is 0. The van der Waals surface area contributed by atoms with Crippen LogP contribution < -0.4 is 10.6 Å². The molecular weight excluding hydrogens is 220 g/mol. The molecule has 0 spiro atoms. The first-order valence-electron chi connectivity index (χ1n) is 4.41. The summed E-state index contributed by atoms with van der Waals surface area (Å²) in [4.78, 5) is 13.2. The Hall–Kier alpha value is -0.991. The second-order valence-corrected chi connectivity index (χ2v) is 3.20.